The van der Waals surface area contributed by atoms with Crippen molar-refractivity contribution in [3.8, 4) is 11.3 Å². The van der Waals surface area contributed by atoms with E-state index in [1.165, 1.54) is 6.20 Å². The highest BCUT2D eigenvalue weighted by Gasteiger charge is 2.37. The van der Waals surface area contributed by atoms with Crippen molar-refractivity contribution in [2.75, 3.05) is 0 Å². The molecule has 1 aliphatic carbocycles. The van der Waals surface area contributed by atoms with Crippen LogP contribution in [0.25, 0.3) is 11.3 Å². The Hall–Kier alpha value is -3.00. The molecule has 1 saturated carbocycles. The Kier molecular flexibility index (Phi) is 5.66. The van der Waals surface area contributed by atoms with Gasteiger partial charge in [-0.2, -0.15) is 0 Å². The smallest absolute Gasteiger partial charge is 0.160 e. The Morgan fingerprint density at radius 1 is 1.03 bits per heavy atom. The molecule has 1 aliphatic rings. The average Bonchev–Trinajstić information content (AvgIpc) is 3.61. The number of benzene rings is 1. The Morgan fingerprint density at radius 3 is 2.42 bits per heavy atom. The third-order valence-electron chi connectivity index (χ3n) is 5.58. The summed E-state index contributed by atoms with van der Waals surface area (Å²) in [7, 11) is -3.22. The van der Waals surface area contributed by atoms with Gasteiger partial charge in [-0.05, 0) is 38.3 Å². The maximum Gasteiger partial charge on any atom is 0.160 e. The third-order valence-corrected chi connectivity index (χ3v) is 7.73. The normalized spacial score (nSPS) is 14.4. The Balaban J connectivity index is 1.48. The van der Waals surface area contributed by atoms with Crippen LogP contribution in [0.5, 0.6) is 0 Å². The Labute approximate surface area is 181 Å². The first-order chi connectivity index (χ1) is 14.8. The van der Waals surface area contributed by atoms with Gasteiger partial charge in [0.25, 0.3) is 0 Å². The van der Waals surface area contributed by atoms with Gasteiger partial charge >= 0.3 is 0 Å². The molecular weight excluding hydrogens is 412 g/mol. The number of Topliss-reactive ketones (excluding diaryl/α,β-unsaturated/α-hetero) is 1. The van der Waals surface area contributed by atoms with E-state index in [0.29, 0.717) is 18.5 Å². The second kappa shape index (κ2) is 8.26. The standard InChI is InChI=1S/C23H24N4O3S/c1-23(2,20-9-10-26-22(27-20)15-31(29,30)18-7-8-18)21(28)13-16-3-5-17(6-4-16)19-14-24-11-12-25-19/h3-6,9-12,14,18H,7-8,13,15H2,1-2H3. The quantitative estimate of drug-likeness (QED) is 0.534. The van der Waals surface area contributed by atoms with Gasteiger partial charge in [-0.1, -0.05) is 24.3 Å². The molecule has 0 amide bonds. The van der Waals surface area contributed by atoms with Gasteiger partial charge in [0.05, 0.1) is 28.2 Å². The minimum Gasteiger partial charge on any atom is -0.298 e. The molecule has 0 bridgehead atoms. The van der Waals surface area contributed by atoms with Crippen LogP contribution in [-0.2, 0) is 32.2 Å². The van der Waals surface area contributed by atoms with E-state index in [0.717, 1.165) is 16.8 Å². The maximum atomic E-state index is 13.1. The summed E-state index contributed by atoms with van der Waals surface area (Å²) in [6, 6.07) is 9.34. The van der Waals surface area contributed by atoms with E-state index < -0.39 is 15.3 Å². The summed E-state index contributed by atoms with van der Waals surface area (Å²) in [4.78, 5) is 30.0. The van der Waals surface area contributed by atoms with Gasteiger partial charge in [0.1, 0.15) is 17.4 Å². The van der Waals surface area contributed by atoms with Crippen LogP contribution in [0.15, 0.2) is 55.1 Å². The molecule has 0 unspecified atom stereocenters. The predicted octanol–water partition coefficient (Wildman–Crippen LogP) is 3.10. The molecule has 7 nitrogen and oxygen atoms in total. The monoisotopic (exact) mass is 436 g/mol. The highest BCUT2D eigenvalue weighted by Crippen LogP contribution is 2.31. The molecule has 1 fully saturated rings. The zero-order chi connectivity index (χ0) is 22.1. The minimum atomic E-state index is -3.22. The van der Waals surface area contributed by atoms with Crippen molar-refractivity contribution in [2.45, 2.75) is 49.5 Å². The summed E-state index contributed by atoms with van der Waals surface area (Å²) in [6.07, 6.45) is 8.15. The van der Waals surface area contributed by atoms with E-state index in [2.05, 4.69) is 19.9 Å². The topological polar surface area (TPSA) is 103 Å². The zero-order valence-electron chi connectivity index (χ0n) is 17.5. The fourth-order valence-electron chi connectivity index (χ4n) is 3.33. The van der Waals surface area contributed by atoms with E-state index >= 15 is 0 Å². The van der Waals surface area contributed by atoms with Crippen molar-refractivity contribution in [1.82, 2.24) is 19.9 Å². The van der Waals surface area contributed by atoms with Crippen LogP contribution in [0.2, 0.25) is 0 Å². The molecule has 8 heteroatoms. The lowest BCUT2D eigenvalue weighted by atomic mass is 9.81. The first-order valence-electron chi connectivity index (χ1n) is 10.2. The lowest BCUT2D eigenvalue weighted by molar-refractivity contribution is -0.122. The van der Waals surface area contributed by atoms with Crippen LogP contribution in [0.1, 0.15) is 43.8 Å². The summed E-state index contributed by atoms with van der Waals surface area (Å²) in [5.74, 6) is 0.0626. The van der Waals surface area contributed by atoms with Crippen molar-refractivity contribution in [3.63, 3.8) is 0 Å². The van der Waals surface area contributed by atoms with E-state index in [1.807, 2.05) is 38.1 Å². The van der Waals surface area contributed by atoms with Gasteiger partial charge < -0.3 is 0 Å². The second-order valence-corrected chi connectivity index (χ2v) is 10.7. The Morgan fingerprint density at radius 2 is 1.77 bits per heavy atom. The molecule has 2 aromatic heterocycles. The zero-order valence-corrected chi connectivity index (χ0v) is 18.3. The molecule has 160 valence electrons. The summed E-state index contributed by atoms with van der Waals surface area (Å²) < 4.78 is 24.5. The SMILES string of the molecule is CC(C)(C(=O)Cc1ccc(-c2cnccn2)cc1)c1ccnc(CS(=O)(=O)C2CC2)n1. The van der Waals surface area contributed by atoms with Crippen molar-refractivity contribution >= 4 is 15.6 Å². The maximum absolute atomic E-state index is 13.1. The highest BCUT2D eigenvalue weighted by molar-refractivity contribution is 7.91. The lowest BCUT2D eigenvalue weighted by Crippen LogP contribution is -2.32. The number of hydrogen-bond acceptors (Lipinski definition) is 7. The van der Waals surface area contributed by atoms with Crippen LogP contribution in [0, 0.1) is 0 Å². The van der Waals surface area contributed by atoms with Gasteiger partial charge in [-0.15, -0.1) is 0 Å². The molecule has 0 radical (unpaired) electrons. The number of carbonyl (C=O) groups excluding carboxylic acids is 1. The molecule has 0 atom stereocenters. The summed E-state index contributed by atoms with van der Waals surface area (Å²) in [5, 5.41) is -0.265. The van der Waals surface area contributed by atoms with Crippen molar-refractivity contribution in [1.29, 1.82) is 0 Å². The van der Waals surface area contributed by atoms with Crippen LogP contribution >= 0.6 is 0 Å². The summed E-state index contributed by atoms with van der Waals surface area (Å²) in [6.45, 7) is 3.62. The molecule has 2 heterocycles. The first-order valence-corrected chi connectivity index (χ1v) is 11.9. The van der Waals surface area contributed by atoms with Crippen molar-refractivity contribution in [2.24, 2.45) is 0 Å². The third kappa shape index (κ3) is 4.85. The highest BCUT2D eigenvalue weighted by atomic mass is 32.2. The number of nitrogens with zero attached hydrogens (tertiary/aromatic N) is 4. The molecule has 0 spiro atoms. The number of carbonyl (C=O) groups is 1. The molecule has 3 aromatic rings. The largest absolute Gasteiger partial charge is 0.298 e. The van der Waals surface area contributed by atoms with E-state index in [-0.39, 0.29) is 29.0 Å². The first kappa shape index (κ1) is 21.2. The van der Waals surface area contributed by atoms with Crippen LogP contribution in [-0.4, -0.2) is 39.4 Å². The number of sulfone groups is 1. The van der Waals surface area contributed by atoms with Crippen molar-refractivity contribution < 1.29 is 13.2 Å². The second-order valence-electron chi connectivity index (χ2n) is 8.38. The van der Waals surface area contributed by atoms with Crippen LogP contribution in [0.3, 0.4) is 0 Å². The molecule has 0 saturated heterocycles. The van der Waals surface area contributed by atoms with Gasteiger partial charge in [0, 0.05) is 30.6 Å². The van der Waals surface area contributed by atoms with Crippen LogP contribution in [0.4, 0.5) is 0 Å². The average molecular weight is 437 g/mol. The fourth-order valence-corrected chi connectivity index (χ4v) is 4.92. The molecule has 0 N–H and O–H groups in total. The number of ketones is 1. The fraction of sp³-hybridized carbons (Fsp3) is 0.348. The van der Waals surface area contributed by atoms with Gasteiger partial charge in [-0.3, -0.25) is 14.8 Å². The molecule has 0 aliphatic heterocycles. The summed E-state index contributed by atoms with van der Waals surface area (Å²) >= 11 is 0. The van der Waals surface area contributed by atoms with E-state index in [9.17, 15) is 13.2 Å². The minimum absolute atomic E-state index is 0.00514. The number of hydrogen-bond donors (Lipinski definition) is 0. The molecule has 4 rings (SSSR count). The molecular formula is C23H24N4O3S. The number of aromatic nitrogens is 4. The van der Waals surface area contributed by atoms with Gasteiger partial charge in [-0.25, -0.2) is 18.4 Å². The summed E-state index contributed by atoms with van der Waals surface area (Å²) in [5.41, 5.74) is 2.25. The van der Waals surface area contributed by atoms with Crippen molar-refractivity contribution in [3.05, 3.63) is 72.2 Å². The van der Waals surface area contributed by atoms with Gasteiger partial charge in [0.15, 0.2) is 9.84 Å². The van der Waals surface area contributed by atoms with E-state index in [4.69, 9.17) is 0 Å². The van der Waals surface area contributed by atoms with E-state index in [1.54, 1.807) is 24.7 Å². The predicted molar refractivity (Wildman–Crippen MR) is 117 cm³/mol. The number of rotatable bonds is 8. The van der Waals surface area contributed by atoms with Crippen LogP contribution < -0.4 is 0 Å². The molecule has 1 aromatic carbocycles. The lowest BCUT2D eigenvalue weighted by Gasteiger charge is -2.23. The molecule has 31 heavy (non-hydrogen) atoms. The van der Waals surface area contributed by atoms with Gasteiger partial charge in [0.2, 0.25) is 0 Å². The Bertz CT molecular complexity index is 1190.